The van der Waals surface area contributed by atoms with Crippen molar-refractivity contribution in [2.45, 2.75) is 19.3 Å². The van der Waals surface area contributed by atoms with Crippen molar-refractivity contribution < 1.29 is 19.0 Å². The Balaban J connectivity index is 2.78. The highest BCUT2D eigenvalue weighted by Gasteiger charge is 2.38. The number of aldehydes is 1. The summed E-state index contributed by atoms with van der Waals surface area (Å²) in [6.07, 6.45) is 2.76. The zero-order valence-corrected chi connectivity index (χ0v) is 11.9. The number of benzene rings is 1. The molecule has 0 bridgehead atoms. The van der Waals surface area contributed by atoms with Gasteiger partial charge in [0.05, 0.1) is 21.3 Å². The van der Waals surface area contributed by atoms with Crippen LogP contribution in [0.25, 0.3) is 6.08 Å². The van der Waals surface area contributed by atoms with Gasteiger partial charge in [-0.05, 0) is 17.7 Å². The Labute approximate surface area is 113 Å². The summed E-state index contributed by atoms with van der Waals surface area (Å²) in [4.78, 5) is 11.2. The van der Waals surface area contributed by atoms with Crippen LogP contribution in [0.15, 0.2) is 11.6 Å². The van der Waals surface area contributed by atoms with E-state index in [1.54, 1.807) is 21.3 Å². The van der Waals surface area contributed by atoms with Crippen LogP contribution in [0, 0.1) is 0 Å². The molecule has 0 fully saturated rings. The zero-order chi connectivity index (χ0) is 14.2. The van der Waals surface area contributed by atoms with Gasteiger partial charge in [0.1, 0.15) is 6.29 Å². The van der Waals surface area contributed by atoms with Crippen LogP contribution < -0.4 is 14.2 Å². The van der Waals surface area contributed by atoms with Crippen molar-refractivity contribution in [3.63, 3.8) is 0 Å². The lowest BCUT2D eigenvalue weighted by atomic mass is 9.81. The molecule has 0 saturated heterocycles. The maximum atomic E-state index is 11.2. The normalized spacial score (nSPS) is 15.5. The number of fused-ring (bicyclic) bond motifs is 1. The van der Waals surface area contributed by atoms with Gasteiger partial charge in [-0.25, -0.2) is 0 Å². The lowest BCUT2D eigenvalue weighted by Crippen LogP contribution is -2.19. The second-order valence-electron chi connectivity index (χ2n) is 4.95. The average molecular weight is 262 g/mol. The lowest BCUT2D eigenvalue weighted by Gasteiger charge is -2.25. The molecular formula is C15H18O4. The van der Waals surface area contributed by atoms with Crippen LogP contribution in [0.1, 0.15) is 25.0 Å². The first-order chi connectivity index (χ1) is 9.01. The van der Waals surface area contributed by atoms with Crippen LogP contribution in [0.3, 0.4) is 0 Å². The van der Waals surface area contributed by atoms with Crippen molar-refractivity contribution in [1.82, 2.24) is 0 Å². The number of allylic oxidation sites excluding steroid dienone is 1. The monoisotopic (exact) mass is 262 g/mol. The molecule has 0 amide bonds. The van der Waals surface area contributed by atoms with E-state index in [0.29, 0.717) is 17.2 Å². The van der Waals surface area contributed by atoms with Gasteiger partial charge in [0.2, 0.25) is 5.75 Å². The Hall–Kier alpha value is -1.97. The van der Waals surface area contributed by atoms with Crippen LogP contribution in [0.2, 0.25) is 0 Å². The van der Waals surface area contributed by atoms with E-state index >= 15 is 0 Å². The summed E-state index contributed by atoms with van der Waals surface area (Å²) in [7, 11) is 4.74. The van der Waals surface area contributed by atoms with Gasteiger partial charge in [0.25, 0.3) is 0 Å². The molecule has 102 valence electrons. The lowest BCUT2D eigenvalue weighted by molar-refractivity contribution is -0.105. The van der Waals surface area contributed by atoms with Crippen LogP contribution in [0.5, 0.6) is 17.2 Å². The minimum absolute atomic E-state index is 0.401. The molecular weight excluding hydrogens is 244 g/mol. The summed E-state index contributed by atoms with van der Waals surface area (Å²) in [5.41, 5.74) is 2.20. The average Bonchev–Trinajstić information content (AvgIpc) is 2.67. The van der Waals surface area contributed by atoms with Crippen molar-refractivity contribution in [3.05, 3.63) is 22.8 Å². The van der Waals surface area contributed by atoms with Gasteiger partial charge in [-0.15, -0.1) is 0 Å². The molecule has 19 heavy (non-hydrogen) atoms. The van der Waals surface area contributed by atoms with E-state index in [1.165, 1.54) is 0 Å². The standard InChI is InChI=1S/C15H18O4/c1-15(2)10(8-16)6-9-7-11(17-3)13(18-4)14(19-5)12(9)15/h6-8H,1-5H3. The largest absolute Gasteiger partial charge is 0.493 e. The number of hydrogen-bond acceptors (Lipinski definition) is 4. The summed E-state index contributed by atoms with van der Waals surface area (Å²) in [6, 6.07) is 1.87. The summed E-state index contributed by atoms with van der Waals surface area (Å²) in [5, 5.41) is 0. The van der Waals surface area contributed by atoms with E-state index in [9.17, 15) is 4.79 Å². The Morgan fingerprint density at radius 1 is 1.05 bits per heavy atom. The fourth-order valence-corrected chi connectivity index (χ4v) is 2.61. The van der Waals surface area contributed by atoms with E-state index < -0.39 is 5.41 Å². The van der Waals surface area contributed by atoms with Gasteiger partial charge in [-0.2, -0.15) is 0 Å². The van der Waals surface area contributed by atoms with E-state index in [2.05, 4.69) is 0 Å². The summed E-state index contributed by atoms with van der Waals surface area (Å²) in [6.45, 7) is 3.99. The van der Waals surface area contributed by atoms with E-state index in [-0.39, 0.29) is 0 Å². The summed E-state index contributed by atoms with van der Waals surface area (Å²) < 4.78 is 16.2. The highest BCUT2D eigenvalue weighted by atomic mass is 16.5. The molecule has 0 N–H and O–H groups in total. The molecule has 0 atom stereocenters. The van der Waals surface area contributed by atoms with Crippen LogP contribution >= 0.6 is 0 Å². The zero-order valence-electron chi connectivity index (χ0n) is 11.9. The van der Waals surface area contributed by atoms with Gasteiger partial charge in [-0.1, -0.05) is 13.8 Å². The van der Waals surface area contributed by atoms with Gasteiger partial charge in [-0.3, -0.25) is 4.79 Å². The van der Waals surface area contributed by atoms with Crippen LogP contribution in [0.4, 0.5) is 0 Å². The number of ether oxygens (including phenoxy) is 3. The highest BCUT2D eigenvalue weighted by molar-refractivity contribution is 5.92. The number of carbonyl (C=O) groups is 1. The maximum Gasteiger partial charge on any atom is 0.203 e. The summed E-state index contributed by atoms with van der Waals surface area (Å²) in [5.74, 6) is 1.77. The first kappa shape index (κ1) is 13.5. The Kier molecular flexibility index (Phi) is 3.27. The molecule has 1 aliphatic carbocycles. The smallest absolute Gasteiger partial charge is 0.203 e. The molecule has 0 aliphatic heterocycles. The Morgan fingerprint density at radius 2 is 1.68 bits per heavy atom. The van der Waals surface area contributed by atoms with Crippen molar-refractivity contribution in [2.75, 3.05) is 21.3 Å². The molecule has 1 aromatic rings. The Morgan fingerprint density at radius 3 is 2.16 bits per heavy atom. The second-order valence-corrected chi connectivity index (χ2v) is 4.95. The molecule has 0 radical (unpaired) electrons. The minimum atomic E-state index is -0.401. The molecule has 2 rings (SSSR count). The van der Waals surface area contributed by atoms with Crippen molar-refractivity contribution in [1.29, 1.82) is 0 Å². The molecule has 0 unspecified atom stereocenters. The predicted octanol–water partition coefficient (Wildman–Crippen LogP) is 2.59. The van der Waals surface area contributed by atoms with Gasteiger partial charge in [0, 0.05) is 16.6 Å². The molecule has 0 saturated carbocycles. The molecule has 1 aromatic carbocycles. The minimum Gasteiger partial charge on any atom is -0.493 e. The van der Waals surface area contributed by atoms with Gasteiger partial charge in [0.15, 0.2) is 11.5 Å². The molecule has 4 nitrogen and oxygen atoms in total. The molecule has 0 heterocycles. The summed E-state index contributed by atoms with van der Waals surface area (Å²) >= 11 is 0. The molecule has 0 aromatic heterocycles. The van der Waals surface area contributed by atoms with Gasteiger partial charge < -0.3 is 14.2 Å². The second kappa shape index (κ2) is 4.61. The third kappa shape index (κ3) is 1.79. The topological polar surface area (TPSA) is 44.8 Å². The predicted molar refractivity (Wildman–Crippen MR) is 73.2 cm³/mol. The van der Waals surface area contributed by atoms with E-state index in [0.717, 1.165) is 23.0 Å². The highest BCUT2D eigenvalue weighted by Crippen LogP contribution is 2.52. The Bertz CT molecular complexity index is 556. The maximum absolute atomic E-state index is 11.2. The molecule has 1 aliphatic rings. The van der Waals surface area contributed by atoms with Crippen LogP contribution in [-0.4, -0.2) is 27.6 Å². The fourth-order valence-electron chi connectivity index (χ4n) is 2.61. The number of hydrogen-bond donors (Lipinski definition) is 0. The first-order valence-electron chi connectivity index (χ1n) is 6.02. The van der Waals surface area contributed by atoms with Crippen LogP contribution in [-0.2, 0) is 10.2 Å². The molecule has 0 spiro atoms. The fraction of sp³-hybridized carbons (Fsp3) is 0.400. The SMILES string of the molecule is COc1cc2c(c(OC)c1OC)C(C)(C)C(C=O)=C2. The number of rotatable bonds is 4. The van der Waals surface area contributed by atoms with E-state index in [4.69, 9.17) is 14.2 Å². The van der Waals surface area contributed by atoms with Crippen molar-refractivity contribution >= 4 is 12.4 Å². The third-order valence-corrected chi connectivity index (χ3v) is 3.65. The quantitative estimate of drug-likeness (QED) is 0.782. The number of carbonyl (C=O) groups excluding carboxylic acids is 1. The van der Waals surface area contributed by atoms with E-state index in [1.807, 2.05) is 26.0 Å². The van der Waals surface area contributed by atoms with Crippen molar-refractivity contribution in [3.8, 4) is 17.2 Å². The molecule has 4 heteroatoms. The first-order valence-corrected chi connectivity index (χ1v) is 6.02. The third-order valence-electron chi connectivity index (χ3n) is 3.65. The number of methoxy groups -OCH3 is 3. The van der Waals surface area contributed by atoms with Crippen molar-refractivity contribution in [2.24, 2.45) is 0 Å². The van der Waals surface area contributed by atoms with Gasteiger partial charge >= 0.3 is 0 Å².